The summed E-state index contributed by atoms with van der Waals surface area (Å²) < 4.78 is 5.32. The first kappa shape index (κ1) is 12.0. The maximum Gasteiger partial charge on any atom is 0.119 e. The number of hydrogen-bond acceptors (Lipinski definition) is 2. The van der Waals surface area contributed by atoms with Gasteiger partial charge in [-0.05, 0) is 80.3 Å². The van der Waals surface area contributed by atoms with Gasteiger partial charge in [0.2, 0.25) is 0 Å². The summed E-state index contributed by atoms with van der Waals surface area (Å²) in [5.74, 6) is 2.74. The SMILES string of the molecule is COc1ccc2c(c1)CCC2CC1CCNCC1. The van der Waals surface area contributed by atoms with Crippen LogP contribution in [0.25, 0.3) is 0 Å². The Morgan fingerprint density at radius 3 is 2.83 bits per heavy atom. The fourth-order valence-corrected chi connectivity index (χ4v) is 3.57. The van der Waals surface area contributed by atoms with E-state index in [-0.39, 0.29) is 0 Å². The van der Waals surface area contributed by atoms with Gasteiger partial charge < -0.3 is 10.1 Å². The number of hydrogen-bond donors (Lipinski definition) is 1. The van der Waals surface area contributed by atoms with Crippen molar-refractivity contribution in [2.75, 3.05) is 20.2 Å². The van der Waals surface area contributed by atoms with E-state index in [1.807, 2.05) is 0 Å². The van der Waals surface area contributed by atoms with Crippen molar-refractivity contribution in [3.05, 3.63) is 29.3 Å². The van der Waals surface area contributed by atoms with Crippen molar-refractivity contribution in [3.8, 4) is 5.75 Å². The highest BCUT2D eigenvalue weighted by Crippen LogP contribution is 2.40. The van der Waals surface area contributed by atoms with Crippen molar-refractivity contribution in [2.24, 2.45) is 5.92 Å². The molecule has 18 heavy (non-hydrogen) atoms. The summed E-state index contributed by atoms with van der Waals surface area (Å²) >= 11 is 0. The van der Waals surface area contributed by atoms with E-state index in [2.05, 4.69) is 23.5 Å². The van der Waals surface area contributed by atoms with E-state index in [4.69, 9.17) is 4.74 Å². The van der Waals surface area contributed by atoms with Gasteiger partial charge in [0.15, 0.2) is 0 Å². The molecule has 1 aromatic rings. The highest BCUT2D eigenvalue weighted by molar-refractivity contribution is 5.40. The van der Waals surface area contributed by atoms with Crippen molar-refractivity contribution in [1.82, 2.24) is 5.32 Å². The molecule has 2 aliphatic rings. The van der Waals surface area contributed by atoms with Crippen molar-refractivity contribution >= 4 is 0 Å². The van der Waals surface area contributed by atoms with Crippen molar-refractivity contribution < 1.29 is 4.74 Å². The molecule has 98 valence electrons. The lowest BCUT2D eigenvalue weighted by atomic mass is 9.85. The highest BCUT2D eigenvalue weighted by atomic mass is 16.5. The Kier molecular flexibility index (Phi) is 3.55. The van der Waals surface area contributed by atoms with Crippen LogP contribution in [0.3, 0.4) is 0 Å². The lowest BCUT2D eigenvalue weighted by Gasteiger charge is -2.25. The van der Waals surface area contributed by atoms with E-state index >= 15 is 0 Å². The first-order valence-electron chi connectivity index (χ1n) is 7.24. The first-order valence-corrected chi connectivity index (χ1v) is 7.24. The number of fused-ring (bicyclic) bond motifs is 1. The van der Waals surface area contributed by atoms with Gasteiger partial charge in [-0.1, -0.05) is 6.07 Å². The molecule has 1 aromatic carbocycles. The number of rotatable bonds is 3. The molecule has 1 heterocycles. The largest absolute Gasteiger partial charge is 0.497 e. The quantitative estimate of drug-likeness (QED) is 0.883. The van der Waals surface area contributed by atoms with Crippen LogP contribution in [-0.4, -0.2) is 20.2 Å². The standard InChI is InChI=1S/C16H23NO/c1-18-15-4-5-16-13(2-3-14(16)11-15)10-12-6-8-17-9-7-12/h4-5,11-13,17H,2-3,6-10H2,1H3. The fourth-order valence-electron chi connectivity index (χ4n) is 3.57. The van der Waals surface area contributed by atoms with Gasteiger partial charge in [0.25, 0.3) is 0 Å². The Hall–Kier alpha value is -1.02. The summed E-state index contributed by atoms with van der Waals surface area (Å²) in [6.07, 6.45) is 6.69. The van der Waals surface area contributed by atoms with Crippen LogP contribution in [0.4, 0.5) is 0 Å². The van der Waals surface area contributed by atoms with Gasteiger partial charge in [-0.25, -0.2) is 0 Å². The third-order valence-corrected chi connectivity index (χ3v) is 4.63. The first-order chi connectivity index (χ1) is 8.86. The van der Waals surface area contributed by atoms with E-state index in [1.54, 1.807) is 12.7 Å². The van der Waals surface area contributed by atoms with Crippen LogP contribution in [0, 0.1) is 5.92 Å². The second-order valence-corrected chi connectivity index (χ2v) is 5.73. The number of ether oxygens (including phenoxy) is 1. The normalized spacial score (nSPS) is 23.9. The zero-order chi connectivity index (χ0) is 12.4. The molecule has 0 amide bonds. The lowest BCUT2D eigenvalue weighted by Crippen LogP contribution is -2.28. The van der Waals surface area contributed by atoms with Gasteiger partial charge in [-0.15, -0.1) is 0 Å². The predicted molar refractivity (Wildman–Crippen MR) is 74.3 cm³/mol. The van der Waals surface area contributed by atoms with E-state index in [1.165, 1.54) is 50.8 Å². The lowest BCUT2D eigenvalue weighted by molar-refractivity contribution is 0.330. The Bertz CT molecular complexity index is 410. The van der Waals surface area contributed by atoms with Crippen LogP contribution in [0.15, 0.2) is 18.2 Å². The van der Waals surface area contributed by atoms with Gasteiger partial charge in [0.05, 0.1) is 7.11 Å². The second-order valence-electron chi connectivity index (χ2n) is 5.73. The van der Waals surface area contributed by atoms with Crippen LogP contribution in [0.2, 0.25) is 0 Å². The predicted octanol–water partition coefficient (Wildman–Crippen LogP) is 3.11. The van der Waals surface area contributed by atoms with Crippen LogP contribution in [0.1, 0.15) is 42.7 Å². The van der Waals surface area contributed by atoms with Crippen molar-refractivity contribution in [3.63, 3.8) is 0 Å². The minimum atomic E-state index is 0.800. The monoisotopic (exact) mass is 245 g/mol. The van der Waals surface area contributed by atoms with Gasteiger partial charge in [0, 0.05) is 0 Å². The Morgan fingerprint density at radius 2 is 2.06 bits per heavy atom. The third kappa shape index (κ3) is 2.39. The zero-order valence-electron chi connectivity index (χ0n) is 11.2. The Balaban J connectivity index is 1.70. The molecule has 1 aliphatic carbocycles. The number of methoxy groups -OCH3 is 1. The maximum absolute atomic E-state index is 5.32. The number of piperidine rings is 1. The van der Waals surface area contributed by atoms with E-state index in [9.17, 15) is 0 Å². The summed E-state index contributed by atoms with van der Waals surface area (Å²) in [7, 11) is 1.75. The van der Waals surface area contributed by atoms with Crippen LogP contribution >= 0.6 is 0 Å². The Morgan fingerprint density at radius 1 is 1.22 bits per heavy atom. The molecular formula is C16H23NO. The molecule has 0 saturated carbocycles. The van der Waals surface area contributed by atoms with Gasteiger partial charge in [0.1, 0.15) is 5.75 Å². The molecule has 0 bridgehead atoms. The molecule has 1 N–H and O–H groups in total. The molecule has 1 unspecified atom stereocenters. The molecule has 2 nitrogen and oxygen atoms in total. The molecule has 1 atom stereocenters. The topological polar surface area (TPSA) is 21.3 Å². The van der Waals surface area contributed by atoms with Crippen LogP contribution in [-0.2, 0) is 6.42 Å². The van der Waals surface area contributed by atoms with E-state index in [0.29, 0.717) is 0 Å². The molecular weight excluding hydrogens is 222 g/mol. The molecule has 0 radical (unpaired) electrons. The van der Waals surface area contributed by atoms with Gasteiger partial charge in [-0.3, -0.25) is 0 Å². The molecule has 1 aliphatic heterocycles. The molecule has 0 spiro atoms. The average molecular weight is 245 g/mol. The minimum absolute atomic E-state index is 0.800. The summed E-state index contributed by atoms with van der Waals surface area (Å²) in [5.41, 5.74) is 3.11. The molecule has 3 rings (SSSR count). The number of benzene rings is 1. The second kappa shape index (κ2) is 5.31. The van der Waals surface area contributed by atoms with Crippen molar-refractivity contribution in [1.29, 1.82) is 0 Å². The zero-order valence-corrected chi connectivity index (χ0v) is 11.2. The van der Waals surface area contributed by atoms with Crippen molar-refractivity contribution in [2.45, 2.75) is 38.0 Å². The number of nitrogens with one attached hydrogen (secondary N) is 1. The summed E-state index contributed by atoms with van der Waals surface area (Å²) in [4.78, 5) is 0. The summed E-state index contributed by atoms with van der Waals surface area (Å²) in [6.45, 7) is 2.43. The summed E-state index contributed by atoms with van der Waals surface area (Å²) in [6, 6.07) is 6.66. The smallest absolute Gasteiger partial charge is 0.119 e. The molecule has 1 saturated heterocycles. The molecule has 0 aromatic heterocycles. The molecule has 1 fully saturated rings. The van der Waals surface area contributed by atoms with E-state index in [0.717, 1.165) is 17.6 Å². The maximum atomic E-state index is 5.32. The number of aryl methyl sites for hydroxylation is 1. The molecule has 2 heteroatoms. The van der Waals surface area contributed by atoms with Gasteiger partial charge >= 0.3 is 0 Å². The van der Waals surface area contributed by atoms with Gasteiger partial charge in [-0.2, -0.15) is 0 Å². The highest BCUT2D eigenvalue weighted by Gasteiger charge is 2.26. The minimum Gasteiger partial charge on any atom is -0.497 e. The average Bonchev–Trinajstić information content (AvgIpc) is 2.82. The van der Waals surface area contributed by atoms with E-state index < -0.39 is 0 Å². The van der Waals surface area contributed by atoms with Crippen LogP contribution < -0.4 is 10.1 Å². The third-order valence-electron chi connectivity index (χ3n) is 4.63. The summed E-state index contributed by atoms with van der Waals surface area (Å²) in [5, 5.41) is 3.46. The fraction of sp³-hybridized carbons (Fsp3) is 0.625. The Labute approximate surface area is 110 Å². The van der Waals surface area contributed by atoms with Crippen LogP contribution in [0.5, 0.6) is 5.75 Å².